The molecule has 0 aromatic heterocycles. The van der Waals surface area contributed by atoms with Gasteiger partial charge in [0.15, 0.2) is 0 Å². The Balaban J connectivity index is -0.0000000127. The van der Waals surface area contributed by atoms with E-state index in [9.17, 15) is 0 Å². The second-order valence-corrected chi connectivity index (χ2v) is 0.447. The molecule has 22 heavy (non-hydrogen) atoms. The van der Waals surface area contributed by atoms with Crippen LogP contribution in [0.5, 0.6) is 0 Å². The van der Waals surface area contributed by atoms with Crippen LogP contribution in [0.15, 0.2) is 32.0 Å². The third-order valence-electron chi connectivity index (χ3n) is 0. The maximum atomic E-state index is 8.00. The van der Waals surface area contributed by atoms with Crippen LogP contribution in [0.1, 0.15) is 0 Å². The molecule has 0 saturated heterocycles. The monoisotopic (exact) mass is 452 g/mol. The molecule has 0 saturated carbocycles. The van der Waals surface area contributed by atoms with Gasteiger partial charge in [-0.1, -0.05) is 0 Å². The van der Waals surface area contributed by atoms with Crippen LogP contribution in [0.4, 0.5) is 0 Å². The van der Waals surface area contributed by atoms with Crippen molar-refractivity contribution < 1.29 is 16.8 Å². The molecule has 0 aliphatic carbocycles. The molecule has 0 aliphatic heterocycles. The van der Waals surface area contributed by atoms with E-state index >= 15 is 0 Å². The summed E-state index contributed by atoms with van der Waals surface area (Å²) < 4.78 is 0. The molecule has 0 aliphatic rings. The Morgan fingerprint density at radius 1 is 0.455 bits per heavy atom. The molecule has 0 N–H and O–H groups in total. The number of rotatable bonds is 0. The Morgan fingerprint density at radius 3 is 0.455 bits per heavy atom. The van der Waals surface area contributed by atoms with Crippen LogP contribution in [0.2, 0.25) is 0 Å². The molecule has 2 radical (unpaired) electrons. The summed E-state index contributed by atoms with van der Waals surface area (Å²) in [6.07, 6.45) is 0. The van der Waals surface area contributed by atoms with E-state index in [1.807, 2.05) is 0 Å². The van der Waals surface area contributed by atoms with Crippen LogP contribution in [-0.4, -0.2) is 115 Å². The Morgan fingerprint density at radius 2 is 0.455 bits per heavy atom. The first-order valence-electron chi connectivity index (χ1n) is 3.19. The molecular formula is CoK3N6O12-6. The Labute approximate surface area is 218 Å². The van der Waals surface area contributed by atoms with Crippen molar-refractivity contribution in [3.8, 4) is 0 Å². The van der Waals surface area contributed by atoms with Crippen molar-refractivity contribution in [2.75, 3.05) is 0 Å². The molecule has 0 heterocycles. The van der Waals surface area contributed by atoms with Crippen LogP contribution >= 0.6 is 0 Å². The minimum atomic E-state index is 0. The third kappa shape index (κ3) is 2870. The molecular weight excluding hydrogens is 452 g/mol. The van der Waals surface area contributed by atoms with E-state index in [2.05, 4.69) is 0 Å². The molecule has 0 aromatic carbocycles. The van der Waals surface area contributed by atoms with Crippen LogP contribution in [0.3, 0.4) is 0 Å². The van der Waals surface area contributed by atoms with Crippen molar-refractivity contribution in [2.45, 2.75) is 0 Å². The van der Waals surface area contributed by atoms with Gasteiger partial charge in [0.05, 0.1) is 0 Å². The summed E-state index contributed by atoms with van der Waals surface area (Å²) in [6.45, 7) is 0. The van der Waals surface area contributed by atoms with Crippen LogP contribution in [-0.2, 0) is 16.8 Å². The van der Waals surface area contributed by atoms with E-state index in [1.54, 1.807) is 0 Å². The number of hydrogen-bond donors (Lipinski definition) is 0. The minimum absolute atomic E-state index is 0. The molecule has 0 amide bonds. The van der Waals surface area contributed by atoms with Crippen molar-refractivity contribution in [1.29, 1.82) is 0 Å². The molecule has 18 nitrogen and oxygen atoms in total. The van der Waals surface area contributed by atoms with E-state index in [0.717, 1.165) is 32.0 Å². The zero-order valence-electron chi connectivity index (χ0n) is 10.9. The van der Waals surface area contributed by atoms with Crippen LogP contribution < -0.4 is 0 Å². The normalized spacial score (nSPS) is 3.64. The second-order valence-electron chi connectivity index (χ2n) is 0.447. The summed E-state index contributed by atoms with van der Waals surface area (Å²) in [5.41, 5.74) is 0. The van der Waals surface area contributed by atoms with Gasteiger partial charge in [-0.2, -0.15) is 0 Å². The fourth-order valence-electron chi connectivity index (χ4n) is 0. The van der Waals surface area contributed by atoms with Crippen molar-refractivity contribution in [3.63, 3.8) is 0 Å². The van der Waals surface area contributed by atoms with E-state index in [0.29, 0.717) is 0 Å². The van der Waals surface area contributed by atoms with E-state index in [1.165, 1.54) is 63.2 Å². The average Bonchev–Trinajstić information content (AvgIpc) is 2.36. The van der Waals surface area contributed by atoms with E-state index < -0.39 is 0 Å². The first kappa shape index (κ1) is 56.5. The summed E-state index contributed by atoms with van der Waals surface area (Å²) in [6, 6.07) is 0. The number of nitrogens with zero attached hydrogens (tertiary/aromatic N) is 6. The third-order valence-corrected chi connectivity index (χ3v) is 0. The summed E-state index contributed by atoms with van der Waals surface area (Å²) in [4.78, 5) is 48.0. The second kappa shape index (κ2) is 178. The summed E-state index contributed by atoms with van der Waals surface area (Å²) in [5, 5.41) is 54.0. The van der Waals surface area contributed by atoms with Gasteiger partial charge in [-0.15, -0.1) is 32.0 Å². The molecule has 0 spiro atoms. The Bertz CT molecular complexity index is 126. The first-order chi connectivity index (χ1) is 9.49. The molecule has 0 fully saturated rings. The fourth-order valence-corrected chi connectivity index (χ4v) is 0. The van der Waals surface area contributed by atoms with Crippen LogP contribution in [0, 0.1) is 60.7 Å². The SMILES string of the molecule is O=N[O-].O=N[O-].O=N[O-].O=N[O-].O=N[O-].O=N[O-].[Co].[K].[K][K]. The summed E-state index contributed by atoms with van der Waals surface area (Å²) in [5.74, 6) is 0. The van der Waals surface area contributed by atoms with Crippen molar-refractivity contribution in [3.05, 3.63) is 60.7 Å². The van der Waals surface area contributed by atoms with Gasteiger partial charge in [-0.05, 0) is 0 Å². The Kier molecular flexibility index (Phi) is 456. The van der Waals surface area contributed by atoms with Gasteiger partial charge >= 0.3 is 63.2 Å². The molecule has 120 valence electrons. The standard InChI is InChI=1S/Co.3K.6HNO2/c;;;;6*2-1-3/h;;;;6*(H,2,3)/p-6. The molecule has 0 bridgehead atoms. The van der Waals surface area contributed by atoms with Crippen molar-refractivity contribution >= 4 is 115 Å². The predicted molar refractivity (Wildman–Crippen MR) is 72.2 cm³/mol. The predicted octanol–water partition coefficient (Wildman–Crippen LogP) is 0.359. The first-order valence-corrected chi connectivity index (χ1v) is 19.2. The van der Waals surface area contributed by atoms with Gasteiger partial charge in [0, 0.05) is 68.2 Å². The van der Waals surface area contributed by atoms with Crippen molar-refractivity contribution in [2.24, 2.45) is 32.0 Å². The van der Waals surface area contributed by atoms with Crippen molar-refractivity contribution in [1.82, 2.24) is 0 Å². The molecule has 0 unspecified atom stereocenters. The van der Waals surface area contributed by atoms with Gasteiger partial charge in [-0.25, -0.2) is 0 Å². The van der Waals surface area contributed by atoms with Gasteiger partial charge in [-0.3, -0.25) is 0 Å². The zero-order valence-corrected chi connectivity index (χ0v) is 21.3. The molecule has 0 aromatic rings. The fraction of sp³-hybridized carbons (Fsp3) is 0. The zero-order chi connectivity index (χ0) is 18.2. The van der Waals surface area contributed by atoms with Crippen LogP contribution in [0.25, 0.3) is 0 Å². The maximum absolute atomic E-state index is 8.00. The summed E-state index contributed by atoms with van der Waals surface area (Å²) in [7, 11) is 0. The number of hydrogen-bond acceptors (Lipinski definition) is 18. The molecule has 22 heteroatoms. The molecule has 0 rings (SSSR count). The van der Waals surface area contributed by atoms with Gasteiger partial charge in [0.25, 0.3) is 0 Å². The van der Waals surface area contributed by atoms with E-state index in [-0.39, 0.29) is 68.2 Å². The van der Waals surface area contributed by atoms with Gasteiger partial charge in [0.1, 0.15) is 0 Å². The topological polar surface area (TPSA) is 315 Å². The van der Waals surface area contributed by atoms with E-state index in [4.69, 9.17) is 60.7 Å². The quantitative estimate of drug-likeness (QED) is 0.273. The van der Waals surface area contributed by atoms with Gasteiger partial charge < -0.3 is 60.7 Å². The van der Waals surface area contributed by atoms with Gasteiger partial charge in [0.2, 0.25) is 0 Å². The molecule has 0 atom stereocenters. The summed E-state index contributed by atoms with van der Waals surface area (Å²) >= 11 is 2.50. The average molecular weight is 452 g/mol. The Hall–Kier alpha value is 1.82.